The fraction of sp³-hybridized carbons (Fsp3) is 0.318. The molecule has 1 saturated heterocycles. The first kappa shape index (κ1) is 19.8. The smallest absolute Gasteiger partial charge is 0.282 e. The topological polar surface area (TPSA) is 114 Å². The summed E-state index contributed by atoms with van der Waals surface area (Å²) < 4.78 is 28.1. The van der Waals surface area contributed by atoms with E-state index in [0.29, 0.717) is 47.1 Å². The van der Waals surface area contributed by atoms with Gasteiger partial charge < -0.3 is 16.0 Å². The van der Waals surface area contributed by atoms with Gasteiger partial charge in [-0.05, 0) is 25.0 Å². The van der Waals surface area contributed by atoms with Crippen molar-refractivity contribution < 1.29 is 13.6 Å². The van der Waals surface area contributed by atoms with Gasteiger partial charge in [-0.1, -0.05) is 0 Å². The zero-order valence-electron chi connectivity index (χ0n) is 17.7. The Morgan fingerprint density at radius 3 is 2.61 bits per heavy atom. The molecule has 1 aliphatic heterocycles. The van der Waals surface area contributed by atoms with Gasteiger partial charge in [0.25, 0.3) is 5.92 Å². The van der Waals surface area contributed by atoms with Crippen LogP contribution >= 0.6 is 0 Å². The molecule has 33 heavy (non-hydrogen) atoms. The number of nitrogens with two attached hydrogens (primary N) is 1. The van der Waals surface area contributed by atoms with Gasteiger partial charge in [-0.3, -0.25) is 9.78 Å². The Kier molecular flexibility index (Phi) is 3.93. The van der Waals surface area contributed by atoms with Gasteiger partial charge >= 0.3 is 0 Å². The molecule has 2 fully saturated rings. The van der Waals surface area contributed by atoms with E-state index in [1.54, 1.807) is 47.2 Å². The Morgan fingerprint density at radius 2 is 1.94 bits per heavy atom. The zero-order chi connectivity index (χ0) is 23.0. The van der Waals surface area contributed by atoms with E-state index in [9.17, 15) is 13.6 Å². The molecule has 0 radical (unpaired) electrons. The molecule has 0 atom stereocenters. The second-order valence-corrected chi connectivity index (χ2v) is 8.67. The van der Waals surface area contributed by atoms with E-state index in [-0.39, 0.29) is 19.0 Å². The summed E-state index contributed by atoms with van der Waals surface area (Å²) in [6.07, 6.45) is 6.41. The Hall–Kier alpha value is -3.89. The maximum atomic E-state index is 13.3. The number of alkyl halides is 2. The van der Waals surface area contributed by atoms with Crippen LogP contribution in [0.5, 0.6) is 0 Å². The Morgan fingerprint density at radius 1 is 1.15 bits per heavy atom. The molecule has 1 saturated carbocycles. The number of fused-ring (bicyclic) bond motifs is 2. The Labute approximate surface area is 186 Å². The van der Waals surface area contributed by atoms with Crippen molar-refractivity contribution in [1.29, 1.82) is 0 Å². The van der Waals surface area contributed by atoms with E-state index in [1.807, 2.05) is 6.07 Å². The first-order valence-corrected chi connectivity index (χ1v) is 10.6. The average Bonchev–Trinajstić information content (AvgIpc) is 3.49. The predicted octanol–water partition coefficient (Wildman–Crippen LogP) is 2.35. The molecule has 1 aliphatic carbocycles. The van der Waals surface area contributed by atoms with E-state index >= 15 is 0 Å². The minimum Gasteiger partial charge on any atom is -0.373 e. The number of hydrogen-bond donors (Lipinski definition) is 2. The number of amides is 1. The molecule has 5 heterocycles. The number of halogens is 2. The third kappa shape index (κ3) is 2.99. The summed E-state index contributed by atoms with van der Waals surface area (Å²) >= 11 is 0. The van der Waals surface area contributed by atoms with E-state index in [4.69, 9.17) is 5.73 Å². The number of pyridine rings is 3. The molecule has 0 bridgehead atoms. The van der Waals surface area contributed by atoms with Gasteiger partial charge in [-0.15, -0.1) is 5.10 Å². The van der Waals surface area contributed by atoms with Crippen molar-refractivity contribution >= 4 is 33.8 Å². The maximum Gasteiger partial charge on any atom is 0.282 e. The summed E-state index contributed by atoms with van der Waals surface area (Å²) in [6.45, 7) is -0.608. The molecule has 6 rings (SSSR count). The molecule has 168 valence electrons. The highest BCUT2D eigenvalue weighted by molar-refractivity contribution is 6.01. The number of nitrogens with zero attached hydrogens (tertiary/aromatic N) is 6. The normalized spacial score (nSPS) is 18.3. The van der Waals surface area contributed by atoms with Crippen LogP contribution < -0.4 is 16.0 Å². The van der Waals surface area contributed by atoms with Crippen LogP contribution in [0.1, 0.15) is 18.5 Å². The largest absolute Gasteiger partial charge is 0.373 e. The molecule has 4 aromatic heterocycles. The highest BCUT2D eigenvalue weighted by atomic mass is 19.3. The summed E-state index contributed by atoms with van der Waals surface area (Å²) in [5, 5.41) is 9.19. The molecule has 1 amide bonds. The zero-order valence-corrected chi connectivity index (χ0v) is 17.7. The third-order valence-electron chi connectivity index (χ3n) is 6.49. The maximum absolute atomic E-state index is 13.3. The molecule has 2 aliphatic rings. The van der Waals surface area contributed by atoms with Crippen LogP contribution in [0.25, 0.3) is 27.8 Å². The van der Waals surface area contributed by atoms with Crippen molar-refractivity contribution in [3.05, 3.63) is 42.5 Å². The van der Waals surface area contributed by atoms with Crippen molar-refractivity contribution in [2.45, 2.75) is 24.2 Å². The number of anilines is 2. The summed E-state index contributed by atoms with van der Waals surface area (Å²) in [5.41, 5.74) is 7.43. The Bertz CT molecular complexity index is 1440. The second-order valence-electron chi connectivity index (χ2n) is 8.67. The van der Waals surface area contributed by atoms with Gasteiger partial charge in [-0.2, -0.15) is 0 Å². The van der Waals surface area contributed by atoms with E-state index < -0.39 is 11.3 Å². The number of rotatable bonds is 5. The molecule has 11 heteroatoms. The molecule has 3 N–H and O–H groups in total. The van der Waals surface area contributed by atoms with Crippen LogP contribution in [0.2, 0.25) is 0 Å². The number of nitrogens with one attached hydrogen (secondary N) is 1. The van der Waals surface area contributed by atoms with Crippen molar-refractivity contribution in [2.75, 3.05) is 30.4 Å². The third-order valence-corrected chi connectivity index (χ3v) is 6.49. The monoisotopic (exact) mass is 450 g/mol. The quantitative estimate of drug-likeness (QED) is 0.480. The highest BCUT2D eigenvalue weighted by Gasteiger charge is 2.51. The van der Waals surface area contributed by atoms with Gasteiger partial charge in [0.15, 0.2) is 11.5 Å². The lowest BCUT2D eigenvalue weighted by Gasteiger charge is -2.40. The van der Waals surface area contributed by atoms with Gasteiger partial charge in [0.2, 0.25) is 5.91 Å². The number of hydrogen-bond acceptors (Lipinski definition) is 7. The molecule has 0 aromatic carbocycles. The van der Waals surface area contributed by atoms with E-state index in [0.717, 1.165) is 10.8 Å². The van der Waals surface area contributed by atoms with Crippen molar-refractivity contribution in [2.24, 2.45) is 5.73 Å². The number of carbonyl (C=O) groups is 1. The van der Waals surface area contributed by atoms with Gasteiger partial charge in [-0.25, -0.2) is 23.3 Å². The van der Waals surface area contributed by atoms with Crippen molar-refractivity contribution in [3.8, 4) is 11.4 Å². The van der Waals surface area contributed by atoms with Crippen LogP contribution in [0.4, 0.5) is 20.3 Å². The lowest BCUT2D eigenvalue weighted by atomic mass is 9.97. The lowest BCUT2D eigenvalue weighted by Crippen LogP contribution is -2.56. The van der Waals surface area contributed by atoms with Gasteiger partial charge in [0, 0.05) is 53.7 Å². The fourth-order valence-electron chi connectivity index (χ4n) is 4.40. The molecule has 0 spiro atoms. The van der Waals surface area contributed by atoms with E-state index in [1.165, 1.54) is 0 Å². The van der Waals surface area contributed by atoms with Crippen molar-refractivity contribution in [3.63, 3.8) is 0 Å². The minimum atomic E-state index is -2.65. The summed E-state index contributed by atoms with van der Waals surface area (Å²) in [4.78, 5) is 27.3. The van der Waals surface area contributed by atoms with Crippen LogP contribution in [0, 0.1) is 0 Å². The average molecular weight is 450 g/mol. The van der Waals surface area contributed by atoms with Crippen LogP contribution in [0.3, 0.4) is 0 Å². The predicted molar refractivity (Wildman–Crippen MR) is 118 cm³/mol. The molecular weight excluding hydrogens is 430 g/mol. The van der Waals surface area contributed by atoms with Crippen LogP contribution in [-0.4, -0.2) is 56.5 Å². The molecule has 4 aromatic rings. The van der Waals surface area contributed by atoms with Crippen LogP contribution in [0.15, 0.2) is 36.8 Å². The van der Waals surface area contributed by atoms with Gasteiger partial charge in [0.1, 0.15) is 5.82 Å². The van der Waals surface area contributed by atoms with E-state index in [2.05, 4.69) is 25.4 Å². The highest BCUT2D eigenvalue weighted by Crippen LogP contribution is 2.48. The van der Waals surface area contributed by atoms with Crippen molar-refractivity contribution in [1.82, 2.24) is 24.6 Å². The summed E-state index contributed by atoms with van der Waals surface area (Å²) in [7, 11) is 1.77. The van der Waals surface area contributed by atoms with Gasteiger partial charge in [0.05, 0.1) is 24.2 Å². The molecular formula is C22H20F2N8O. The summed E-state index contributed by atoms with van der Waals surface area (Å²) in [6, 6.07) is 5.35. The first-order valence-electron chi connectivity index (χ1n) is 10.6. The summed E-state index contributed by atoms with van der Waals surface area (Å²) in [5.74, 6) is -1.96. The molecule has 0 unspecified atom stereocenters. The number of primary amides is 1. The molecule has 9 nitrogen and oxygen atoms in total. The first-order chi connectivity index (χ1) is 15.8. The SMILES string of the molecule is CNc1ncc(-c2nc3cc(N4CC(F)(F)C4)ccn3n2)c2cc(C3(C(N)=O)CC3)ncc12. The fourth-order valence-corrected chi connectivity index (χ4v) is 4.40. The standard InChI is InChI=1S/C22H20F2N8O/c1-26-18-14-8-27-16(21(3-4-21)20(25)33)7-13(14)15(9-28-18)19-29-17-6-12(2-5-32(17)30-19)31-10-22(23,24)11-31/h2,5-9H,3-4,10-11H2,1H3,(H2,25,33)(H,26,28). The second kappa shape index (κ2) is 6.56. The number of carbonyl (C=O) groups excluding carboxylic acids is 1. The number of aromatic nitrogens is 5. The van der Waals surface area contributed by atoms with Crippen LogP contribution in [-0.2, 0) is 10.2 Å². The Balaban J connectivity index is 1.47. The lowest BCUT2D eigenvalue weighted by molar-refractivity contribution is -0.120. The minimum absolute atomic E-state index is 0.304.